The summed E-state index contributed by atoms with van der Waals surface area (Å²) < 4.78 is 0. The van der Waals surface area contributed by atoms with Gasteiger partial charge in [0.1, 0.15) is 0 Å². The molecule has 1 aromatic heterocycles. The summed E-state index contributed by atoms with van der Waals surface area (Å²) in [5.74, 6) is 0. The lowest BCUT2D eigenvalue weighted by Gasteiger charge is -2.15. The van der Waals surface area contributed by atoms with Crippen molar-refractivity contribution in [3.63, 3.8) is 0 Å². The van der Waals surface area contributed by atoms with Gasteiger partial charge in [-0.05, 0) is 59.3 Å². The molecule has 90 valence electrons. The van der Waals surface area contributed by atoms with Crippen LogP contribution in [0.25, 0.3) is 0 Å². The molecular formula is C14H16ClNS. The van der Waals surface area contributed by atoms with Crippen LogP contribution in [-0.2, 0) is 6.42 Å². The zero-order valence-corrected chi connectivity index (χ0v) is 11.4. The molecule has 0 saturated heterocycles. The molecule has 1 unspecified atom stereocenters. The molecule has 0 aliphatic rings. The maximum absolute atomic E-state index is 6.23. The third-order valence-corrected chi connectivity index (χ3v) is 4.17. The van der Waals surface area contributed by atoms with Crippen molar-refractivity contribution in [2.75, 3.05) is 0 Å². The third-order valence-electron chi connectivity index (χ3n) is 3.03. The standard InChI is InChI=1S/C14H16ClNS/c1-10-12(3-2-4-13(10)15)14(16)6-5-11-7-8-17-9-11/h2-4,7-9,14H,5-6,16H2,1H3. The zero-order chi connectivity index (χ0) is 12.3. The lowest BCUT2D eigenvalue weighted by atomic mass is 9.97. The van der Waals surface area contributed by atoms with Gasteiger partial charge in [0.05, 0.1) is 0 Å². The Labute approximate surface area is 111 Å². The Hall–Kier alpha value is -0.830. The van der Waals surface area contributed by atoms with Crippen LogP contribution in [0.1, 0.15) is 29.2 Å². The maximum atomic E-state index is 6.23. The van der Waals surface area contributed by atoms with Gasteiger partial charge in [0.2, 0.25) is 0 Å². The van der Waals surface area contributed by atoms with Gasteiger partial charge in [-0.1, -0.05) is 23.7 Å². The van der Waals surface area contributed by atoms with Gasteiger partial charge in [0, 0.05) is 11.1 Å². The Morgan fingerprint density at radius 1 is 1.35 bits per heavy atom. The number of hydrogen-bond acceptors (Lipinski definition) is 2. The Bertz CT molecular complexity index is 479. The summed E-state index contributed by atoms with van der Waals surface area (Å²) in [6.07, 6.45) is 1.98. The van der Waals surface area contributed by atoms with Gasteiger partial charge in [0.15, 0.2) is 0 Å². The molecule has 0 radical (unpaired) electrons. The number of benzene rings is 1. The summed E-state index contributed by atoms with van der Waals surface area (Å²) in [6.45, 7) is 2.03. The molecule has 1 nitrogen and oxygen atoms in total. The average Bonchev–Trinajstić information content (AvgIpc) is 2.82. The predicted octanol–water partition coefficient (Wildman–Crippen LogP) is 4.34. The number of nitrogens with two attached hydrogens (primary N) is 1. The van der Waals surface area contributed by atoms with Crippen molar-refractivity contribution in [1.29, 1.82) is 0 Å². The van der Waals surface area contributed by atoms with Gasteiger partial charge in [-0.15, -0.1) is 0 Å². The Morgan fingerprint density at radius 2 is 2.18 bits per heavy atom. The lowest BCUT2D eigenvalue weighted by molar-refractivity contribution is 0.648. The van der Waals surface area contributed by atoms with Crippen molar-refractivity contribution < 1.29 is 0 Å². The molecule has 0 spiro atoms. The molecule has 1 aromatic carbocycles. The Balaban J connectivity index is 2.04. The highest BCUT2D eigenvalue weighted by atomic mass is 35.5. The van der Waals surface area contributed by atoms with Crippen LogP contribution in [-0.4, -0.2) is 0 Å². The largest absolute Gasteiger partial charge is 0.324 e. The summed E-state index contributed by atoms with van der Waals surface area (Å²) in [6, 6.07) is 8.16. The molecule has 1 atom stereocenters. The highest BCUT2D eigenvalue weighted by Crippen LogP contribution is 2.25. The van der Waals surface area contributed by atoms with Gasteiger partial charge in [-0.25, -0.2) is 0 Å². The molecule has 2 rings (SSSR count). The van der Waals surface area contributed by atoms with E-state index in [9.17, 15) is 0 Å². The van der Waals surface area contributed by atoms with Crippen molar-refractivity contribution in [2.45, 2.75) is 25.8 Å². The molecule has 2 aromatic rings. The first-order valence-corrected chi connectivity index (χ1v) is 7.02. The molecule has 17 heavy (non-hydrogen) atoms. The van der Waals surface area contributed by atoms with E-state index < -0.39 is 0 Å². The number of aryl methyl sites for hydroxylation is 1. The Kier molecular flexibility index (Phi) is 4.21. The second-order valence-electron chi connectivity index (χ2n) is 4.23. The van der Waals surface area contributed by atoms with Crippen LogP contribution in [0.5, 0.6) is 0 Å². The molecule has 2 N–H and O–H groups in total. The monoisotopic (exact) mass is 265 g/mol. The minimum absolute atomic E-state index is 0.0635. The highest BCUT2D eigenvalue weighted by Gasteiger charge is 2.10. The molecule has 3 heteroatoms. The fourth-order valence-electron chi connectivity index (χ4n) is 1.94. The highest BCUT2D eigenvalue weighted by molar-refractivity contribution is 7.07. The van der Waals surface area contributed by atoms with Crippen molar-refractivity contribution in [3.8, 4) is 0 Å². The molecule has 0 aliphatic heterocycles. The number of thiophene rings is 1. The normalized spacial score (nSPS) is 12.6. The molecule has 0 amide bonds. The van der Waals surface area contributed by atoms with Crippen LogP contribution >= 0.6 is 22.9 Å². The van der Waals surface area contributed by atoms with E-state index in [-0.39, 0.29) is 6.04 Å². The fraction of sp³-hybridized carbons (Fsp3) is 0.286. The van der Waals surface area contributed by atoms with E-state index in [1.807, 2.05) is 19.1 Å². The Morgan fingerprint density at radius 3 is 2.88 bits per heavy atom. The van der Waals surface area contributed by atoms with E-state index in [1.165, 1.54) is 5.56 Å². The molecular weight excluding hydrogens is 250 g/mol. The molecule has 0 bridgehead atoms. The smallest absolute Gasteiger partial charge is 0.0438 e. The van der Waals surface area contributed by atoms with Crippen LogP contribution in [0.2, 0.25) is 5.02 Å². The van der Waals surface area contributed by atoms with Crippen molar-refractivity contribution in [3.05, 3.63) is 56.7 Å². The fourth-order valence-corrected chi connectivity index (χ4v) is 2.82. The first-order valence-electron chi connectivity index (χ1n) is 5.70. The zero-order valence-electron chi connectivity index (χ0n) is 9.82. The van der Waals surface area contributed by atoms with E-state index in [4.69, 9.17) is 17.3 Å². The van der Waals surface area contributed by atoms with Crippen LogP contribution in [0.3, 0.4) is 0 Å². The maximum Gasteiger partial charge on any atom is 0.0438 e. The van der Waals surface area contributed by atoms with Crippen LogP contribution in [0.15, 0.2) is 35.0 Å². The van der Waals surface area contributed by atoms with E-state index in [2.05, 4.69) is 22.9 Å². The topological polar surface area (TPSA) is 26.0 Å². The first kappa shape index (κ1) is 12.6. The van der Waals surface area contributed by atoms with Gasteiger partial charge in [-0.3, -0.25) is 0 Å². The van der Waals surface area contributed by atoms with Gasteiger partial charge in [0.25, 0.3) is 0 Å². The van der Waals surface area contributed by atoms with Gasteiger partial charge < -0.3 is 5.73 Å². The quantitative estimate of drug-likeness (QED) is 0.874. The van der Waals surface area contributed by atoms with Crippen LogP contribution < -0.4 is 5.73 Å². The lowest BCUT2D eigenvalue weighted by Crippen LogP contribution is -2.12. The number of rotatable bonds is 4. The van der Waals surface area contributed by atoms with E-state index >= 15 is 0 Å². The second-order valence-corrected chi connectivity index (χ2v) is 5.42. The number of halogens is 1. The minimum Gasteiger partial charge on any atom is -0.324 e. The molecule has 0 saturated carbocycles. The summed E-state index contributed by atoms with van der Waals surface area (Å²) >= 11 is 7.83. The summed E-state index contributed by atoms with van der Waals surface area (Å²) in [7, 11) is 0. The summed E-state index contributed by atoms with van der Waals surface area (Å²) in [5, 5.41) is 5.08. The predicted molar refractivity (Wildman–Crippen MR) is 75.8 cm³/mol. The van der Waals surface area contributed by atoms with Gasteiger partial charge >= 0.3 is 0 Å². The van der Waals surface area contributed by atoms with Crippen molar-refractivity contribution in [2.24, 2.45) is 5.73 Å². The van der Waals surface area contributed by atoms with Crippen molar-refractivity contribution >= 4 is 22.9 Å². The van der Waals surface area contributed by atoms with Crippen LogP contribution in [0, 0.1) is 6.92 Å². The molecule has 0 fully saturated rings. The third kappa shape index (κ3) is 3.09. The van der Waals surface area contributed by atoms with Gasteiger partial charge in [-0.2, -0.15) is 11.3 Å². The van der Waals surface area contributed by atoms with Crippen LogP contribution in [0.4, 0.5) is 0 Å². The second kappa shape index (κ2) is 5.67. The average molecular weight is 266 g/mol. The first-order chi connectivity index (χ1) is 8.18. The van der Waals surface area contributed by atoms with E-state index in [0.29, 0.717) is 0 Å². The summed E-state index contributed by atoms with van der Waals surface area (Å²) in [5.41, 5.74) is 9.86. The van der Waals surface area contributed by atoms with E-state index in [1.54, 1.807) is 11.3 Å². The SMILES string of the molecule is Cc1c(Cl)cccc1C(N)CCc1ccsc1. The number of hydrogen-bond donors (Lipinski definition) is 1. The summed E-state index contributed by atoms with van der Waals surface area (Å²) in [4.78, 5) is 0. The molecule has 0 aliphatic carbocycles. The van der Waals surface area contributed by atoms with Crippen molar-refractivity contribution in [1.82, 2.24) is 0 Å². The van der Waals surface area contributed by atoms with E-state index in [0.717, 1.165) is 29.0 Å². The minimum atomic E-state index is 0.0635. The molecule has 1 heterocycles.